The first-order chi connectivity index (χ1) is 12.6. The predicted octanol–water partition coefficient (Wildman–Crippen LogP) is 2.26. The molecule has 142 valence electrons. The van der Waals surface area contributed by atoms with Crippen LogP contribution in [0, 0.1) is 11.3 Å². The zero-order valence-corrected chi connectivity index (χ0v) is 15.8. The Kier molecular flexibility index (Phi) is 8.39. The van der Waals surface area contributed by atoms with Crippen molar-refractivity contribution in [3.63, 3.8) is 0 Å². The zero-order chi connectivity index (χ0) is 18.8. The molecular formula is C20H29N3O3. The van der Waals surface area contributed by atoms with Crippen LogP contribution < -0.4 is 4.74 Å². The van der Waals surface area contributed by atoms with Gasteiger partial charge in [-0.15, -0.1) is 0 Å². The monoisotopic (exact) mass is 359 g/mol. The molecule has 0 aromatic heterocycles. The number of rotatable bonds is 9. The molecule has 0 N–H and O–H groups in total. The molecule has 1 aromatic rings. The number of amides is 1. The van der Waals surface area contributed by atoms with E-state index in [1.807, 2.05) is 24.3 Å². The quantitative estimate of drug-likeness (QED) is 0.677. The van der Waals surface area contributed by atoms with Gasteiger partial charge in [0.2, 0.25) is 0 Å². The molecule has 0 bridgehead atoms. The number of carbonyl (C=O) groups excluding carboxylic acids is 1. The largest absolute Gasteiger partial charge is 0.484 e. The van der Waals surface area contributed by atoms with Crippen molar-refractivity contribution < 1.29 is 14.3 Å². The Hall–Kier alpha value is -2.10. The van der Waals surface area contributed by atoms with Gasteiger partial charge in [0.05, 0.1) is 25.7 Å². The van der Waals surface area contributed by atoms with Crippen molar-refractivity contribution in [2.45, 2.75) is 26.2 Å². The molecule has 0 saturated carbocycles. The van der Waals surface area contributed by atoms with E-state index in [0.29, 0.717) is 31.2 Å². The maximum atomic E-state index is 12.5. The lowest BCUT2D eigenvalue weighted by molar-refractivity contribution is -0.133. The van der Waals surface area contributed by atoms with Gasteiger partial charge in [-0.3, -0.25) is 9.69 Å². The van der Waals surface area contributed by atoms with Crippen LogP contribution in [0.3, 0.4) is 0 Å². The summed E-state index contributed by atoms with van der Waals surface area (Å²) in [6.07, 6.45) is 0.331. The van der Waals surface area contributed by atoms with Gasteiger partial charge in [-0.25, -0.2) is 0 Å². The van der Waals surface area contributed by atoms with Crippen LogP contribution in [0.15, 0.2) is 24.3 Å². The molecule has 2 rings (SSSR count). The minimum Gasteiger partial charge on any atom is -0.484 e. The summed E-state index contributed by atoms with van der Waals surface area (Å²) in [4.78, 5) is 16.5. The Morgan fingerprint density at radius 2 is 1.96 bits per heavy atom. The molecule has 1 aliphatic heterocycles. The summed E-state index contributed by atoms with van der Waals surface area (Å²) in [5, 5.41) is 8.85. The van der Waals surface area contributed by atoms with E-state index >= 15 is 0 Å². The summed E-state index contributed by atoms with van der Waals surface area (Å²) >= 11 is 0. The second kappa shape index (κ2) is 10.8. The minimum absolute atomic E-state index is 0.00440. The number of ether oxygens (including phenoxy) is 2. The second-order valence-corrected chi connectivity index (χ2v) is 6.76. The van der Waals surface area contributed by atoms with Gasteiger partial charge in [-0.2, -0.15) is 5.26 Å². The molecule has 6 heteroatoms. The highest BCUT2D eigenvalue weighted by molar-refractivity contribution is 5.77. The van der Waals surface area contributed by atoms with Crippen LogP contribution in [0.2, 0.25) is 0 Å². The summed E-state index contributed by atoms with van der Waals surface area (Å²) in [5.74, 6) is 1.07. The molecule has 1 aliphatic rings. The molecule has 1 fully saturated rings. The fourth-order valence-corrected chi connectivity index (χ4v) is 2.82. The Bertz CT molecular complexity index is 589. The third-order valence-corrected chi connectivity index (χ3v) is 4.55. The van der Waals surface area contributed by atoms with E-state index in [-0.39, 0.29) is 12.5 Å². The third-order valence-electron chi connectivity index (χ3n) is 4.55. The van der Waals surface area contributed by atoms with Gasteiger partial charge in [-0.1, -0.05) is 26.0 Å². The second-order valence-electron chi connectivity index (χ2n) is 6.76. The first kappa shape index (κ1) is 20.2. The molecule has 0 radical (unpaired) electrons. The van der Waals surface area contributed by atoms with Gasteiger partial charge in [0.15, 0.2) is 6.61 Å². The lowest BCUT2D eigenvalue weighted by Gasteiger charge is -2.29. The van der Waals surface area contributed by atoms with E-state index in [1.54, 1.807) is 4.90 Å². The van der Waals surface area contributed by atoms with Gasteiger partial charge >= 0.3 is 0 Å². The molecule has 1 amide bonds. The van der Waals surface area contributed by atoms with Gasteiger partial charge in [0.25, 0.3) is 5.91 Å². The average molecular weight is 359 g/mol. The molecule has 0 unspecified atom stereocenters. The van der Waals surface area contributed by atoms with E-state index in [9.17, 15) is 4.79 Å². The van der Waals surface area contributed by atoms with Crippen molar-refractivity contribution in [3.8, 4) is 11.8 Å². The molecule has 0 aliphatic carbocycles. The van der Waals surface area contributed by atoms with Gasteiger partial charge < -0.3 is 14.4 Å². The van der Waals surface area contributed by atoms with Crippen LogP contribution in [0.5, 0.6) is 5.75 Å². The van der Waals surface area contributed by atoms with Crippen LogP contribution >= 0.6 is 0 Å². The Morgan fingerprint density at radius 1 is 1.27 bits per heavy atom. The van der Waals surface area contributed by atoms with E-state index in [4.69, 9.17) is 14.7 Å². The highest BCUT2D eigenvalue weighted by atomic mass is 16.5. The zero-order valence-electron chi connectivity index (χ0n) is 15.8. The van der Waals surface area contributed by atoms with Gasteiger partial charge in [0.1, 0.15) is 5.75 Å². The van der Waals surface area contributed by atoms with Crippen LogP contribution in [-0.2, 0) is 9.53 Å². The fourth-order valence-electron chi connectivity index (χ4n) is 2.82. The molecule has 0 atom stereocenters. The first-order valence-corrected chi connectivity index (χ1v) is 9.27. The summed E-state index contributed by atoms with van der Waals surface area (Å²) in [7, 11) is 0. The van der Waals surface area contributed by atoms with Crippen LogP contribution in [-0.4, -0.2) is 68.3 Å². The topological polar surface area (TPSA) is 65.8 Å². The maximum Gasteiger partial charge on any atom is 0.260 e. The van der Waals surface area contributed by atoms with Crippen molar-refractivity contribution in [1.29, 1.82) is 5.26 Å². The van der Waals surface area contributed by atoms with Crippen LogP contribution in [0.1, 0.15) is 31.7 Å². The Morgan fingerprint density at radius 3 is 2.58 bits per heavy atom. The SMILES string of the molecule is CC(C)c1ccc(OCC(=O)N(CCC#N)CCN2CCOCC2)cc1. The van der Waals surface area contributed by atoms with Crippen molar-refractivity contribution in [2.24, 2.45) is 0 Å². The summed E-state index contributed by atoms with van der Waals surface area (Å²) in [6.45, 7) is 9.37. The van der Waals surface area contributed by atoms with Crippen molar-refractivity contribution in [1.82, 2.24) is 9.80 Å². The van der Waals surface area contributed by atoms with Gasteiger partial charge in [-0.05, 0) is 23.6 Å². The summed E-state index contributed by atoms with van der Waals surface area (Å²) in [5.41, 5.74) is 1.24. The molecule has 1 aromatic carbocycles. The minimum atomic E-state index is -0.0820. The summed E-state index contributed by atoms with van der Waals surface area (Å²) in [6, 6.07) is 9.96. The van der Waals surface area contributed by atoms with E-state index in [2.05, 4.69) is 24.8 Å². The van der Waals surface area contributed by atoms with E-state index < -0.39 is 0 Å². The first-order valence-electron chi connectivity index (χ1n) is 9.27. The number of nitriles is 1. The molecular weight excluding hydrogens is 330 g/mol. The van der Waals surface area contributed by atoms with Gasteiger partial charge in [0, 0.05) is 32.7 Å². The lowest BCUT2D eigenvalue weighted by Crippen LogP contribution is -2.44. The number of nitrogens with zero attached hydrogens (tertiary/aromatic N) is 3. The van der Waals surface area contributed by atoms with Crippen molar-refractivity contribution in [3.05, 3.63) is 29.8 Å². The number of benzene rings is 1. The third kappa shape index (κ3) is 6.66. The highest BCUT2D eigenvalue weighted by Gasteiger charge is 2.17. The normalized spacial score (nSPS) is 14.8. The summed E-state index contributed by atoms with van der Waals surface area (Å²) < 4.78 is 11.0. The van der Waals surface area contributed by atoms with Crippen LogP contribution in [0.25, 0.3) is 0 Å². The smallest absolute Gasteiger partial charge is 0.260 e. The van der Waals surface area contributed by atoms with E-state index in [0.717, 1.165) is 32.8 Å². The maximum absolute atomic E-state index is 12.5. The molecule has 26 heavy (non-hydrogen) atoms. The number of morpholine rings is 1. The Balaban J connectivity index is 1.83. The molecule has 1 saturated heterocycles. The standard InChI is InChI=1S/C20H29N3O3/c1-17(2)18-4-6-19(7-5-18)26-16-20(24)23(9-3-8-21)11-10-22-12-14-25-15-13-22/h4-7,17H,3,9-16H2,1-2H3. The van der Waals surface area contributed by atoms with E-state index in [1.165, 1.54) is 5.56 Å². The predicted molar refractivity (Wildman–Crippen MR) is 100 cm³/mol. The molecule has 6 nitrogen and oxygen atoms in total. The average Bonchev–Trinajstić information content (AvgIpc) is 2.67. The Labute approximate surface area is 156 Å². The number of hydrogen-bond acceptors (Lipinski definition) is 5. The highest BCUT2D eigenvalue weighted by Crippen LogP contribution is 2.18. The van der Waals surface area contributed by atoms with Crippen LogP contribution in [0.4, 0.5) is 0 Å². The number of carbonyl (C=O) groups is 1. The van der Waals surface area contributed by atoms with Crippen molar-refractivity contribution >= 4 is 5.91 Å². The van der Waals surface area contributed by atoms with Crippen molar-refractivity contribution in [2.75, 3.05) is 52.5 Å². The molecule has 1 heterocycles. The number of hydrogen-bond donors (Lipinski definition) is 0. The molecule has 0 spiro atoms. The lowest BCUT2D eigenvalue weighted by atomic mass is 10.0. The fraction of sp³-hybridized carbons (Fsp3) is 0.600.